The SMILES string of the molecule is CCCCCCCCCCCCCCC(CC)CCN. The highest BCUT2D eigenvalue weighted by molar-refractivity contribution is 4.58. The van der Waals surface area contributed by atoms with Gasteiger partial charge >= 0.3 is 0 Å². The minimum absolute atomic E-state index is 0.872. The Balaban J connectivity index is 3.09. The fourth-order valence-corrected chi connectivity index (χ4v) is 3.06. The molecular weight excluding hydrogens is 242 g/mol. The Bertz CT molecular complexity index is 167. The Labute approximate surface area is 129 Å². The normalized spacial score (nSPS) is 12.8. The average Bonchev–Trinajstić information content (AvgIpc) is 2.47. The quantitative estimate of drug-likeness (QED) is 0.323. The van der Waals surface area contributed by atoms with Crippen LogP contribution in [0.2, 0.25) is 0 Å². The Morgan fingerprint density at radius 3 is 1.45 bits per heavy atom. The van der Waals surface area contributed by atoms with E-state index < -0.39 is 0 Å². The summed E-state index contributed by atoms with van der Waals surface area (Å²) in [7, 11) is 0. The predicted molar refractivity (Wildman–Crippen MR) is 93.1 cm³/mol. The highest BCUT2D eigenvalue weighted by atomic mass is 14.5. The van der Waals surface area contributed by atoms with Crippen LogP contribution in [-0.2, 0) is 0 Å². The summed E-state index contributed by atoms with van der Waals surface area (Å²) in [5.41, 5.74) is 5.64. The van der Waals surface area contributed by atoms with Gasteiger partial charge in [0.15, 0.2) is 0 Å². The van der Waals surface area contributed by atoms with E-state index in [1.54, 1.807) is 0 Å². The maximum atomic E-state index is 5.64. The molecule has 0 aromatic heterocycles. The summed E-state index contributed by atoms with van der Waals surface area (Å²) in [4.78, 5) is 0. The summed E-state index contributed by atoms with van der Waals surface area (Å²) in [6, 6.07) is 0. The van der Waals surface area contributed by atoms with Crippen molar-refractivity contribution in [3.8, 4) is 0 Å². The minimum atomic E-state index is 0.872. The minimum Gasteiger partial charge on any atom is -0.330 e. The van der Waals surface area contributed by atoms with Gasteiger partial charge in [0.1, 0.15) is 0 Å². The van der Waals surface area contributed by atoms with E-state index in [0.29, 0.717) is 0 Å². The maximum Gasteiger partial charge on any atom is -0.00746 e. The van der Waals surface area contributed by atoms with Crippen LogP contribution in [0.25, 0.3) is 0 Å². The fraction of sp³-hybridized carbons (Fsp3) is 1.00. The Hall–Kier alpha value is -0.0400. The molecule has 0 rings (SSSR count). The highest BCUT2D eigenvalue weighted by Crippen LogP contribution is 2.18. The summed E-state index contributed by atoms with van der Waals surface area (Å²) >= 11 is 0. The van der Waals surface area contributed by atoms with Crippen molar-refractivity contribution in [2.24, 2.45) is 11.7 Å². The van der Waals surface area contributed by atoms with Gasteiger partial charge in [0, 0.05) is 0 Å². The largest absolute Gasteiger partial charge is 0.330 e. The third-order valence-electron chi connectivity index (χ3n) is 4.62. The smallest absolute Gasteiger partial charge is 0.00746 e. The average molecular weight is 284 g/mol. The van der Waals surface area contributed by atoms with E-state index >= 15 is 0 Å². The van der Waals surface area contributed by atoms with Crippen LogP contribution in [-0.4, -0.2) is 6.54 Å². The molecule has 0 saturated heterocycles. The molecule has 0 fully saturated rings. The fourth-order valence-electron chi connectivity index (χ4n) is 3.06. The number of rotatable bonds is 16. The molecule has 0 amide bonds. The molecule has 1 heteroatoms. The number of unbranched alkanes of at least 4 members (excludes halogenated alkanes) is 11. The highest BCUT2D eigenvalue weighted by Gasteiger charge is 2.04. The lowest BCUT2D eigenvalue weighted by Gasteiger charge is -2.12. The van der Waals surface area contributed by atoms with Gasteiger partial charge in [-0.05, 0) is 18.9 Å². The second-order valence-electron chi connectivity index (χ2n) is 6.53. The van der Waals surface area contributed by atoms with E-state index in [-0.39, 0.29) is 0 Å². The van der Waals surface area contributed by atoms with Gasteiger partial charge in [-0.1, -0.05) is 104 Å². The Kier molecular flexibility index (Phi) is 17.0. The van der Waals surface area contributed by atoms with E-state index in [9.17, 15) is 0 Å². The van der Waals surface area contributed by atoms with Gasteiger partial charge in [-0.2, -0.15) is 0 Å². The van der Waals surface area contributed by atoms with Gasteiger partial charge in [-0.25, -0.2) is 0 Å². The number of hydrogen-bond acceptors (Lipinski definition) is 1. The molecule has 0 bridgehead atoms. The molecule has 0 aromatic rings. The molecule has 0 radical (unpaired) electrons. The van der Waals surface area contributed by atoms with Gasteiger partial charge in [0.25, 0.3) is 0 Å². The van der Waals surface area contributed by atoms with Crippen LogP contribution >= 0.6 is 0 Å². The van der Waals surface area contributed by atoms with Gasteiger partial charge in [0.05, 0.1) is 0 Å². The van der Waals surface area contributed by atoms with Gasteiger partial charge in [0.2, 0.25) is 0 Å². The lowest BCUT2D eigenvalue weighted by Crippen LogP contribution is -2.07. The molecular formula is C19H41N. The Morgan fingerprint density at radius 2 is 1.05 bits per heavy atom. The third-order valence-corrected chi connectivity index (χ3v) is 4.62. The van der Waals surface area contributed by atoms with Crippen molar-refractivity contribution in [1.29, 1.82) is 0 Å². The molecule has 0 spiro atoms. The van der Waals surface area contributed by atoms with Gasteiger partial charge in [-0.3, -0.25) is 0 Å². The van der Waals surface area contributed by atoms with Crippen LogP contribution < -0.4 is 5.73 Å². The van der Waals surface area contributed by atoms with Crippen LogP contribution in [0.3, 0.4) is 0 Å². The number of nitrogens with two attached hydrogens (primary N) is 1. The summed E-state index contributed by atoms with van der Waals surface area (Å²) in [5.74, 6) is 0.892. The van der Waals surface area contributed by atoms with Crippen molar-refractivity contribution in [2.45, 2.75) is 110 Å². The zero-order chi connectivity index (χ0) is 14.9. The molecule has 1 nitrogen and oxygen atoms in total. The van der Waals surface area contributed by atoms with Crippen molar-refractivity contribution >= 4 is 0 Å². The molecule has 1 unspecified atom stereocenters. The number of hydrogen-bond donors (Lipinski definition) is 1. The van der Waals surface area contributed by atoms with E-state index in [1.807, 2.05) is 0 Å². The zero-order valence-corrected chi connectivity index (χ0v) is 14.5. The molecule has 20 heavy (non-hydrogen) atoms. The maximum absolute atomic E-state index is 5.64. The van der Waals surface area contributed by atoms with E-state index in [0.717, 1.165) is 12.5 Å². The molecule has 0 aliphatic heterocycles. The van der Waals surface area contributed by atoms with E-state index in [4.69, 9.17) is 5.73 Å². The molecule has 0 aromatic carbocycles. The topological polar surface area (TPSA) is 26.0 Å². The second kappa shape index (κ2) is 17.0. The van der Waals surface area contributed by atoms with Crippen molar-refractivity contribution in [3.63, 3.8) is 0 Å². The standard InChI is InChI=1S/C19H41N/c1-3-5-6-7-8-9-10-11-12-13-14-15-16-19(4-2)17-18-20/h19H,3-18,20H2,1-2H3. The van der Waals surface area contributed by atoms with Crippen molar-refractivity contribution in [1.82, 2.24) is 0 Å². The first-order valence-electron chi connectivity index (χ1n) is 9.55. The van der Waals surface area contributed by atoms with Crippen molar-refractivity contribution in [3.05, 3.63) is 0 Å². The van der Waals surface area contributed by atoms with Crippen LogP contribution in [0, 0.1) is 5.92 Å². The molecule has 0 heterocycles. The summed E-state index contributed by atoms with van der Waals surface area (Å²) < 4.78 is 0. The lowest BCUT2D eigenvalue weighted by atomic mass is 9.95. The first-order chi connectivity index (χ1) is 9.85. The molecule has 0 saturated carbocycles. The molecule has 2 N–H and O–H groups in total. The lowest BCUT2D eigenvalue weighted by molar-refractivity contribution is 0.416. The third kappa shape index (κ3) is 14.4. The van der Waals surface area contributed by atoms with Gasteiger partial charge < -0.3 is 5.73 Å². The molecule has 122 valence electrons. The van der Waals surface area contributed by atoms with Crippen LogP contribution in [0.5, 0.6) is 0 Å². The van der Waals surface area contributed by atoms with Gasteiger partial charge in [-0.15, -0.1) is 0 Å². The Morgan fingerprint density at radius 1 is 0.600 bits per heavy atom. The summed E-state index contributed by atoms with van der Waals surface area (Å²) in [6.07, 6.45) is 21.3. The molecule has 1 atom stereocenters. The van der Waals surface area contributed by atoms with Crippen LogP contribution in [0.1, 0.15) is 110 Å². The van der Waals surface area contributed by atoms with E-state index in [1.165, 1.54) is 96.3 Å². The van der Waals surface area contributed by atoms with Crippen molar-refractivity contribution < 1.29 is 0 Å². The summed E-state index contributed by atoms with van der Waals surface area (Å²) in [6.45, 7) is 5.47. The predicted octanol–water partition coefficient (Wildman–Crippen LogP) is 6.45. The first kappa shape index (κ1) is 20.0. The first-order valence-corrected chi connectivity index (χ1v) is 9.55. The molecule has 0 aliphatic carbocycles. The van der Waals surface area contributed by atoms with Crippen LogP contribution in [0.4, 0.5) is 0 Å². The zero-order valence-electron chi connectivity index (χ0n) is 14.5. The summed E-state index contributed by atoms with van der Waals surface area (Å²) in [5, 5.41) is 0. The van der Waals surface area contributed by atoms with Crippen molar-refractivity contribution in [2.75, 3.05) is 6.54 Å². The van der Waals surface area contributed by atoms with Crippen LogP contribution in [0.15, 0.2) is 0 Å². The monoisotopic (exact) mass is 283 g/mol. The molecule has 0 aliphatic rings. The second-order valence-corrected chi connectivity index (χ2v) is 6.53. The van der Waals surface area contributed by atoms with E-state index in [2.05, 4.69) is 13.8 Å².